The average molecular weight is 286 g/mol. The van der Waals surface area contributed by atoms with Crippen molar-refractivity contribution in [1.29, 1.82) is 0 Å². The summed E-state index contributed by atoms with van der Waals surface area (Å²) in [6, 6.07) is 0. The number of ether oxygens (including phenoxy) is 2. The topological polar surface area (TPSA) is 86.7 Å². The summed E-state index contributed by atoms with van der Waals surface area (Å²) in [4.78, 5) is 46.5. The van der Waals surface area contributed by atoms with Crippen LogP contribution in [0.1, 0.15) is 33.6 Å². The third-order valence-corrected chi connectivity index (χ3v) is 3.08. The first-order valence-corrected chi connectivity index (χ1v) is 6.45. The van der Waals surface area contributed by atoms with Crippen LogP contribution in [0.4, 0.5) is 0 Å². The highest BCUT2D eigenvalue weighted by Crippen LogP contribution is 2.20. The Morgan fingerprint density at radius 1 is 0.950 bits per heavy atom. The zero-order chi connectivity index (χ0) is 15.9. The maximum absolute atomic E-state index is 12.0. The van der Waals surface area contributed by atoms with Gasteiger partial charge in [0.2, 0.25) is 0 Å². The van der Waals surface area contributed by atoms with Crippen LogP contribution in [0.25, 0.3) is 0 Å². The number of carbonyl (C=O) groups excluding carboxylic acids is 4. The summed E-state index contributed by atoms with van der Waals surface area (Å²) in [5.74, 6) is -3.82. The van der Waals surface area contributed by atoms with Crippen molar-refractivity contribution in [2.45, 2.75) is 33.6 Å². The van der Waals surface area contributed by atoms with E-state index in [-0.39, 0.29) is 30.3 Å². The molecule has 0 radical (unpaired) electrons. The highest BCUT2D eigenvalue weighted by Gasteiger charge is 2.32. The molecule has 0 fully saturated rings. The standard InChI is InChI=1S/C14H22O6/c1-8(2)13(17)10(14(18)20-5)6-9(3)11(15)7-12(16)19-4/h8-10H,6-7H2,1-5H3. The van der Waals surface area contributed by atoms with Gasteiger partial charge in [-0.1, -0.05) is 20.8 Å². The van der Waals surface area contributed by atoms with E-state index in [0.29, 0.717) is 0 Å². The number of hydrogen-bond donors (Lipinski definition) is 0. The molecule has 6 nitrogen and oxygen atoms in total. The van der Waals surface area contributed by atoms with Gasteiger partial charge in [-0.15, -0.1) is 0 Å². The lowest BCUT2D eigenvalue weighted by molar-refractivity contribution is -0.151. The molecule has 0 saturated carbocycles. The van der Waals surface area contributed by atoms with E-state index in [4.69, 9.17) is 0 Å². The van der Waals surface area contributed by atoms with E-state index >= 15 is 0 Å². The maximum atomic E-state index is 12.0. The van der Waals surface area contributed by atoms with E-state index in [1.165, 1.54) is 14.2 Å². The Labute approximate surface area is 118 Å². The molecule has 114 valence electrons. The van der Waals surface area contributed by atoms with E-state index in [2.05, 4.69) is 9.47 Å². The van der Waals surface area contributed by atoms with Crippen molar-refractivity contribution in [3.8, 4) is 0 Å². The normalized spacial score (nSPS) is 13.5. The van der Waals surface area contributed by atoms with Crippen molar-refractivity contribution in [3.05, 3.63) is 0 Å². The molecule has 0 bridgehead atoms. The Bertz CT molecular complexity index is 385. The number of hydrogen-bond acceptors (Lipinski definition) is 6. The summed E-state index contributed by atoms with van der Waals surface area (Å²) in [7, 11) is 2.39. The quantitative estimate of drug-likeness (QED) is 0.491. The van der Waals surface area contributed by atoms with Crippen LogP contribution in [0.15, 0.2) is 0 Å². The van der Waals surface area contributed by atoms with Crippen LogP contribution in [0.3, 0.4) is 0 Å². The van der Waals surface area contributed by atoms with Gasteiger partial charge in [-0.3, -0.25) is 19.2 Å². The second kappa shape index (κ2) is 8.45. The summed E-state index contributed by atoms with van der Waals surface area (Å²) in [5, 5.41) is 0. The molecule has 0 aromatic heterocycles. The smallest absolute Gasteiger partial charge is 0.316 e. The molecule has 0 aromatic rings. The van der Waals surface area contributed by atoms with Gasteiger partial charge in [-0.25, -0.2) is 0 Å². The van der Waals surface area contributed by atoms with Crippen LogP contribution in [-0.4, -0.2) is 37.7 Å². The Hall–Kier alpha value is -1.72. The van der Waals surface area contributed by atoms with Crippen LogP contribution in [0.5, 0.6) is 0 Å². The zero-order valence-corrected chi connectivity index (χ0v) is 12.6. The van der Waals surface area contributed by atoms with E-state index in [1.807, 2.05) is 0 Å². The molecule has 0 aromatic carbocycles. The fourth-order valence-corrected chi connectivity index (χ4v) is 1.75. The van der Waals surface area contributed by atoms with Gasteiger partial charge in [0.05, 0.1) is 14.2 Å². The number of carbonyl (C=O) groups is 4. The van der Waals surface area contributed by atoms with Gasteiger partial charge in [-0.05, 0) is 6.42 Å². The average Bonchev–Trinajstić information content (AvgIpc) is 2.42. The molecule has 2 unspecified atom stereocenters. The molecular weight excluding hydrogens is 264 g/mol. The van der Waals surface area contributed by atoms with Crippen LogP contribution in [-0.2, 0) is 28.7 Å². The Balaban J connectivity index is 4.81. The fourth-order valence-electron chi connectivity index (χ4n) is 1.75. The Morgan fingerprint density at radius 2 is 1.50 bits per heavy atom. The number of esters is 2. The molecule has 0 heterocycles. The van der Waals surface area contributed by atoms with E-state index in [0.717, 1.165) is 0 Å². The van der Waals surface area contributed by atoms with Crippen molar-refractivity contribution in [1.82, 2.24) is 0 Å². The van der Waals surface area contributed by atoms with Crippen molar-refractivity contribution in [2.24, 2.45) is 17.8 Å². The molecule has 0 amide bonds. The molecular formula is C14H22O6. The first-order valence-electron chi connectivity index (χ1n) is 6.45. The number of rotatable bonds is 8. The molecule has 0 N–H and O–H groups in total. The Morgan fingerprint density at radius 3 is 1.90 bits per heavy atom. The van der Waals surface area contributed by atoms with Crippen LogP contribution in [0, 0.1) is 17.8 Å². The van der Waals surface area contributed by atoms with Gasteiger partial charge in [0.15, 0.2) is 0 Å². The van der Waals surface area contributed by atoms with Crippen LogP contribution >= 0.6 is 0 Å². The third-order valence-electron chi connectivity index (χ3n) is 3.08. The minimum absolute atomic E-state index is 0.0412. The number of ketones is 2. The van der Waals surface area contributed by atoms with Crippen molar-refractivity contribution in [2.75, 3.05) is 14.2 Å². The van der Waals surface area contributed by atoms with Gasteiger partial charge in [0.25, 0.3) is 0 Å². The highest BCUT2D eigenvalue weighted by atomic mass is 16.5. The first kappa shape index (κ1) is 18.3. The summed E-state index contributed by atoms with van der Waals surface area (Å²) >= 11 is 0. The molecule has 0 aliphatic heterocycles. The summed E-state index contributed by atoms with van der Waals surface area (Å²) < 4.78 is 9.02. The zero-order valence-electron chi connectivity index (χ0n) is 12.6. The van der Waals surface area contributed by atoms with Gasteiger partial charge in [0, 0.05) is 11.8 Å². The van der Waals surface area contributed by atoms with Crippen LogP contribution < -0.4 is 0 Å². The van der Waals surface area contributed by atoms with Crippen LogP contribution in [0.2, 0.25) is 0 Å². The first-order chi connectivity index (χ1) is 9.24. The molecule has 6 heteroatoms. The van der Waals surface area contributed by atoms with Gasteiger partial charge >= 0.3 is 11.9 Å². The molecule has 0 aliphatic rings. The predicted octanol–water partition coefficient (Wildman–Crippen LogP) is 1.16. The maximum Gasteiger partial charge on any atom is 0.316 e. The van der Waals surface area contributed by atoms with Gasteiger partial charge in [-0.2, -0.15) is 0 Å². The lowest BCUT2D eigenvalue weighted by atomic mass is 9.85. The molecule has 0 rings (SSSR count). The van der Waals surface area contributed by atoms with Gasteiger partial charge in [0.1, 0.15) is 23.9 Å². The molecule has 0 saturated heterocycles. The molecule has 20 heavy (non-hydrogen) atoms. The fraction of sp³-hybridized carbons (Fsp3) is 0.714. The van der Waals surface area contributed by atoms with Crippen molar-refractivity contribution in [3.63, 3.8) is 0 Å². The second-order valence-electron chi connectivity index (χ2n) is 4.99. The number of Topliss-reactive ketones (excluding diaryl/α,β-unsaturated/α-hetero) is 2. The minimum Gasteiger partial charge on any atom is -0.469 e. The molecule has 2 atom stereocenters. The lowest BCUT2D eigenvalue weighted by Crippen LogP contribution is -2.32. The number of methoxy groups -OCH3 is 2. The van der Waals surface area contributed by atoms with E-state index < -0.39 is 23.8 Å². The molecule has 0 aliphatic carbocycles. The summed E-state index contributed by atoms with van der Waals surface area (Å²) in [6.45, 7) is 4.94. The molecule has 0 spiro atoms. The van der Waals surface area contributed by atoms with Crippen molar-refractivity contribution < 1.29 is 28.7 Å². The minimum atomic E-state index is -0.975. The van der Waals surface area contributed by atoms with Gasteiger partial charge < -0.3 is 9.47 Å². The van der Waals surface area contributed by atoms with E-state index in [1.54, 1.807) is 20.8 Å². The summed E-state index contributed by atoms with van der Waals surface area (Å²) in [6.07, 6.45) is -0.319. The third kappa shape index (κ3) is 5.50. The largest absolute Gasteiger partial charge is 0.469 e. The van der Waals surface area contributed by atoms with E-state index in [9.17, 15) is 19.2 Å². The summed E-state index contributed by atoms with van der Waals surface area (Å²) in [5.41, 5.74) is 0. The highest BCUT2D eigenvalue weighted by molar-refractivity contribution is 6.01. The monoisotopic (exact) mass is 286 g/mol. The Kier molecular flexibility index (Phi) is 7.72. The second-order valence-corrected chi connectivity index (χ2v) is 4.99. The SMILES string of the molecule is COC(=O)CC(=O)C(C)CC(C(=O)OC)C(=O)C(C)C. The predicted molar refractivity (Wildman–Crippen MR) is 70.8 cm³/mol. The van der Waals surface area contributed by atoms with Crippen molar-refractivity contribution >= 4 is 23.5 Å². The lowest BCUT2D eigenvalue weighted by Gasteiger charge is -2.18.